The maximum absolute atomic E-state index is 11.9. The molecule has 0 aliphatic heterocycles. The lowest BCUT2D eigenvalue weighted by molar-refractivity contribution is 0.0766. The molecule has 1 N–H and O–H groups in total. The van der Waals surface area contributed by atoms with Gasteiger partial charge in [-0.15, -0.1) is 10.2 Å². The molecule has 0 fully saturated rings. The van der Waals surface area contributed by atoms with Crippen LogP contribution < -0.4 is 5.32 Å². The Morgan fingerprint density at radius 2 is 1.94 bits per heavy atom. The molecule has 0 aliphatic rings. The van der Waals surface area contributed by atoms with E-state index in [4.69, 9.17) is 0 Å². The minimum Gasteiger partial charge on any atom is -0.366 e. The number of anilines is 1. The molecule has 0 bridgehead atoms. The van der Waals surface area contributed by atoms with Gasteiger partial charge >= 0.3 is 0 Å². The highest BCUT2D eigenvalue weighted by atomic mass is 16.2. The smallest absolute Gasteiger partial charge is 0.274 e. The average molecular weight is 236 g/mol. The van der Waals surface area contributed by atoms with Crippen LogP contribution in [0.3, 0.4) is 0 Å². The Hall–Kier alpha value is -1.65. The Morgan fingerprint density at radius 3 is 2.35 bits per heavy atom. The number of aromatic nitrogens is 2. The number of nitrogens with zero attached hydrogens (tertiary/aromatic N) is 3. The molecule has 0 saturated heterocycles. The molecule has 5 heteroatoms. The molecule has 17 heavy (non-hydrogen) atoms. The Balaban J connectivity index is 2.76. The lowest BCUT2D eigenvalue weighted by Crippen LogP contribution is -2.31. The predicted molar refractivity (Wildman–Crippen MR) is 68.0 cm³/mol. The molecule has 0 unspecified atom stereocenters. The van der Waals surface area contributed by atoms with E-state index in [1.807, 2.05) is 27.7 Å². The normalized spacial score (nSPS) is 10.4. The van der Waals surface area contributed by atoms with Crippen LogP contribution in [0.1, 0.15) is 38.2 Å². The Labute approximate surface area is 102 Å². The van der Waals surface area contributed by atoms with E-state index in [1.54, 1.807) is 17.0 Å². The molecule has 1 amide bonds. The minimum atomic E-state index is -0.0707. The molecule has 94 valence electrons. The van der Waals surface area contributed by atoms with E-state index in [0.717, 1.165) is 0 Å². The van der Waals surface area contributed by atoms with Gasteiger partial charge in [-0.05, 0) is 39.8 Å². The van der Waals surface area contributed by atoms with E-state index < -0.39 is 0 Å². The fourth-order valence-corrected chi connectivity index (χ4v) is 1.49. The lowest BCUT2D eigenvalue weighted by Gasteiger charge is -2.17. The molecule has 1 heterocycles. The summed E-state index contributed by atoms with van der Waals surface area (Å²) in [5, 5.41) is 11.1. The molecular weight excluding hydrogens is 216 g/mol. The van der Waals surface area contributed by atoms with Crippen molar-refractivity contribution in [3.05, 3.63) is 17.8 Å². The third-order valence-corrected chi connectivity index (χ3v) is 2.37. The summed E-state index contributed by atoms with van der Waals surface area (Å²) in [5.74, 6) is 0.620. The van der Waals surface area contributed by atoms with Crippen molar-refractivity contribution in [2.45, 2.75) is 33.7 Å². The second kappa shape index (κ2) is 6.18. The minimum absolute atomic E-state index is 0.0707. The number of carbonyl (C=O) groups excluding carboxylic acids is 1. The molecule has 0 spiro atoms. The van der Waals surface area contributed by atoms with Crippen LogP contribution in [0.4, 0.5) is 5.82 Å². The van der Waals surface area contributed by atoms with E-state index in [1.165, 1.54) is 0 Å². The Morgan fingerprint density at radius 1 is 1.29 bits per heavy atom. The lowest BCUT2D eigenvalue weighted by atomic mass is 10.3. The van der Waals surface area contributed by atoms with Crippen LogP contribution in [0.5, 0.6) is 0 Å². The second-order valence-corrected chi connectivity index (χ2v) is 4.08. The summed E-state index contributed by atoms with van der Waals surface area (Å²) in [6.45, 7) is 9.31. The van der Waals surface area contributed by atoms with Gasteiger partial charge in [0.2, 0.25) is 0 Å². The van der Waals surface area contributed by atoms with Crippen molar-refractivity contribution < 1.29 is 4.79 Å². The first-order chi connectivity index (χ1) is 8.08. The summed E-state index contributed by atoms with van der Waals surface area (Å²) in [6, 6.07) is 3.79. The largest absolute Gasteiger partial charge is 0.366 e. The topological polar surface area (TPSA) is 58.1 Å². The molecule has 0 atom stereocenters. The van der Waals surface area contributed by atoms with Crippen LogP contribution in [-0.4, -0.2) is 40.1 Å². The van der Waals surface area contributed by atoms with Crippen LogP contribution in [-0.2, 0) is 0 Å². The number of rotatable bonds is 5. The van der Waals surface area contributed by atoms with Gasteiger partial charge in [0.1, 0.15) is 5.82 Å². The highest BCUT2D eigenvalue weighted by Crippen LogP contribution is 2.06. The standard InChI is InChI=1S/C12H20N4O/c1-5-16(6-2)12(17)10-7-8-11(15-14-10)13-9(3)4/h7-9H,5-6H2,1-4H3,(H,13,15). The fourth-order valence-electron chi connectivity index (χ4n) is 1.49. The summed E-state index contributed by atoms with van der Waals surface area (Å²) < 4.78 is 0. The first kappa shape index (κ1) is 13.4. The highest BCUT2D eigenvalue weighted by molar-refractivity contribution is 5.92. The maximum atomic E-state index is 11.9. The molecular formula is C12H20N4O. The Bertz CT molecular complexity index is 357. The second-order valence-electron chi connectivity index (χ2n) is 4.08. The van der Waals surface area contributed by atoms with E-state index in [2.05, 4.69) is 15.5 Å². The monoisotopic (exact) mass is 236 g/mol. The van der Waals surface area contributed by atoms with E-state index in [9.17, 15) is 4.79 Å². The van der Waals surface area contributed by atoms with Gasteiger partial charge in [0.15, 0.2) is 5.69 Å². The molecule has 1 rings (SSSR count). The third-order valence-electron chi connectivity index (χ3n) is 2.37. The van der Waals surface area contributed by atoms with Gasteiger partial charge in [0, 0.05) is 19.1 Å². The number of hydrogen-bond acceptors (Lipinski definition) is 4. The summed E-state index contributed by atoms with van der Waals surface area (Å²) in [6.07, 6.45) is 0. The zero-order valence-corrected chi connectivity index (χ0v) is 10.9. The quantitative estimate of drug-likeness (QED) is 0.846. The summed E-state index contributed by atoms with van der Waals surface area (Å²) >= 11 is 0. The van der Waals surface area contributed by atoms with E-state index >= 15 is 0 Å². The highest BCUT2D eigenvalue weighted by Gasteiger charge is 2.14. The summed E-state index contributed by atoms with van der Waals surface area (Å²) in [5.41, 5.74) is 0.392. The summed E-state index contributed by atoms with van der Waals surface area (Å²) in [7, 11) is 0. The molecule has 5 nitrogen and oxygen atoms in total. The van der Waals surface area contributed by atoms with Crippen LogP contribution >= 0.6 is 0 Å². The molecule has 0 radical (unpaired) electrons. The van der Waals surface area contributed by atoms with Crippen LogP contribution in [0.15, 0.2) is 12.1 Å². The van der Waals surface area contributed by atoms with Gasteiger partial charge in [-0.2, -0.15) is 0 Å². The van der Waals surface area contributed by atoms with E-state index in [0.29, 0.717) is 30.6 Å². The average Bonchev–Trinajstić information content (AvgIpc) is 2.30. The van der Waals surface area contributed by atoms with Gasteiger partial charge in [-0.1, -0.05) is 0 Å². The molecule has 0 aromatic carbocycles. The fraction of sp³-hybridized carbons (Fsp3) is 0.583. The molecule has 1 aromatic heterocycles. The van der Waals surface area contributed by atoms with Crippen LogP contribution in [0, 0.1) is 0 Å². The van der Waals surface area contributed by atoms with Crippen molar-refractivity contribution in [3.8, 4) is 0 Å². The first-order valence-electron chi connectivity index (χ1n) is 5.98. The predicted octanol–water partition coefficient (Wildman–Crippen LogP) is 1.78. The van der Waals surface area contributed by atoms with Crippen molar-refractivity contribution in [3.63, 3.8) is 0 Å². The Kier molecular flexibility index (Phi) is 4.87. The van der Waals surface area contributed by atoms with Gasteiger partial charge < -0.3 is 10.2 Å². The third kappa shape index (κ3) is 3.69. The zero-order valence-electron chi connectivity index (χ0n) is 10.9. The van der Waals surface area contributed by atoms with Crippen molar-refractivity contribution in [2.75, 3.05) is 18.4 Å². The van der Waals surface area contributed by atoms with Crippen molar-refractivity contribution >= 4 is 11.7 Å². The van der Waals surface area contributed by atoms with Crippen molar-refractivity contribution in [1.82, 2.24) is 15.1 Å². The van der Waals surface area contributed by atoms with Crippen LogP contribution in [0.25, 0.3) is 0 Å². The van der Waals surface area contributed by atoms with Crippen molar-refractivity contribution in [1.29, 1.82) is 0 Å². The summed E-state index contributed by atoms with van der Waals surface area (Å²) in [4.78, 5) is 13.7. The number of amides is 1. The zero-order chi connectivity index (χ0) is 12.8. The van der Waals surface area contributed by atoms with Crippen LogP contribution in [0.2, 0.25) is 0 Å². The van der Waals surface area contributed by atoms with Gasteiger partial charge in [0.05, 0.1) is 0 Å². The number of hydrogen-bond donors (Lipinski definition) is 1. The first-order valence-corrected chi connectivity index (χ1v) is 5.98. The molecule has 0 aliphatic carbocycles. The van der Waals surface area contributed by atoms with Gasteiger partial charge in [-0.25, -0.2) is 0 Å². The SMILES string of the molecule is CCN(CC)C(=O)c1ccc(NC(C)C)nn1. The van der Waals surface area contributed by atoms with Crippen molar-refractivity contribution in [2.24, 2.45) is 0 Å². The number of carbonyl (C=O) groups is 1. The van der Waals surface area contributed by atoms with Gasteiger partial charge in [-0.3, -0.25) is 4.79 Å². The maximum Gasteiger partial charge on any atom is 0.274 e. The molecule has 0 saturated carbocycles. The molecule has 1 aromatic rings. The van der Waals surface area contributed by atoms with Gasteiger partial charge in [0.25, 0.3) is 5.91 Å². The van der Waals surface area contributed by atoms with E-state index in [-0.39, 0.29) is 5.91 Å². The number of nitrogens with one attached hydrogen (secondary N) is 1.